The van der Waals surface area contributed by atoms with Gasteiger partial charge in [-0.05, 0) is 42.7 Å². The third-order valence-corrected chi connectivity index (χ3v) is 3.55. The Morgan fingerprint density at radius 1 is 1.00 bits per heavy atom. The SMILES string of the molecule is NC(CCOc1ccccc1)c1cccc(OC2CC2)c1. The summed E-state index contributed by atoms with van der Waals surface area (Å²) >= 11 is 0. The van der Waals surface area contributed by atoms with E-state index >= 15 is 0 Å². The zero-order chi connectivity index (χ0) is 14.5. The molecule has 21 heavy (non-hydrogen) atoms. The number of hydrogen-bond donors (Lipinski definition) is 1. The lowest BCUT2D eigenvalue weighted by Gasteiger charge is -2.14. The Hall–Kier alpha value is -2.00. The van der Waals surface area contributed by atoms with E-state index in [1.54, 1.807) is 0 Å². The summed E-state index contributed by atoms with van der Waals surface area (Å²) in [6, 6.07) is 17.9. The molecular weight excluding hydrogens is 262 g/mol. The number of nitrogens with two attached hydrogens (primary N) is 1. The van der Waals surface area contributed by atoms with E-state index in [0.717, 1.165) is 23.5 Å². The monoisotopic (exact) mass is 283 g/mol. The molecule has 2 N–H and O–H groups in total. The molecule has 1 atom stereocenters. The lowest BCUT2D eigenvalue weighted by molar-refractivity contribution is 0.295. The van der Waals surface area contributed by atoms with E-state index in [-0.39, 0.29) is 6.04 Å². The Morgan fingerprint density at radius 2 is 1.76 bits per heavy atom. The van der Waals surface area contributed by atoms with Crippen LogP contribution in [0.5, 0.6) is 11.5 Å². The predicted molar refractivity (Wildman–Crippen MR) is 83.6 cm³/mol. The van der Waals surface area contributed by atoms with Gasteiger partial charge < -0.3 is 15.2 Å². The Balaban J connectivity index is 1.51. The van der Waals surface area contributed by atoms with Gasteiger partial charge in [0.1, 0.15) is 11.5 Å². The summed E-state index contributed by atoms with van der Waals surface area (Å²) in [6.07, 6.45) is 3.53. The van der Waals surface area contributed by atoms with Gasteiger partial charge in [-0.3, -0.25) is 0 Å². The molecule has 110 valence electrons. The van der Waals surface area contributed by atoms with E-state index < -0.39 is 0 Å². The van der Waals surface area contributed by atoms with Crippen LogP contribution in [-0.4, -0.2) is 12.7 Å². The largest absolute Gasteiger partial charge is 0.494 e. The summed E-state index contributed by atoms with van der Waals surface area (Å²) in [6.45, 7) is 0.610. The molecule has 0 heterocycles. The average molecular weight is 283 g/mol. The van der Waals surface area contributed by atoms with Gasteiger partial charge in [0.15, 0.2) is 0 Å². The molecule has 0 bridgehead atoms. The molecule has 1 aliphatic carbocycles. The summed E-state index contributed by atoms with van der Waals surface area (Å²) in [5, 5.41) is 0. The molecule has 0 saturated heterocycles. The molecule has 1 aliphatic rings. The maximum atomic E-state index is 6.24. The number of benzene rings is 2. The zero-order valence-corrected chi connectivity index (χ0v) is 12.1. The fourth-order valence-corrected chi connectivity index (χ4v) is 2.18. The van der Waals surface area contributed by atoms with Gasteiger partial charge in [-0.15, -0.1) is 0 Å². The number of para-hydroxylation sites is 1. The van der Waals surface area contributed by atoms with Crippen molar-refractivity contribution in [1.82, 2.24) is 0 Å². The fourth-order valence-electron chi connectivity index (χ4n) is 2.18. The quantitative estimate of drug-likeness (QED) is 0.842. The van der Waals surface area contributed by atoms with Crippen LogP contribution < -0.4 is 15.2 Å². The minimum Gasteiger partial charge on any atom is -0.494 e. The fraction of sp³-hybridized carbons (Fsp3) is 0.333. The molecule has 0 amide bonds. The third-order valence-electron chi connectivity index (χ3n) is 3.55. The Labute approximate surface area is 125 Å². The normalized spacial score (nSPS) is 15.5. The van der Waals surface area contributed by atoms with E-state index in [9.17, 15) is 0 Å². The van der Waals surface area contributed by atoms with Crippen LogP contribution in [0.25, 0.3) is 0 Å². The van der Waals surface area contributed by atoms with Gasteiger partial charge in [0.2, 0.25) is 0 Å². The second-order valence-corrected chi connectivity index (χ2v) is 5.45. The molecule has 2 aromatic rings. The molecule has 1 unspecified atom stereocenters. The second kappa shape index (κ2) is 6.64. The van der Waals surface area contributed by atoms with Gasteiger partial charge >= 0.3 is 0 Å². The average Bonchev–Trinajstić information content (AvgIpc) is 3.32. The van der Waals surface area contributed by atoms with E-state index in [4.69, 9.17) is 15.2 Å². The van der Waals surface area contributed by atoms with Crippen molar-refractivity contribution in [3.05, 3.63) is 60.2 Å². The Morgan fingerprint density at radius 3 is 2.52 bits per heavy atom. The van der Waals surface area contributed by atoms with Gasteiger partial charge in [-0.1, -0.05) is 30.3 Å². The van der Waals surface area contributed by atoms with Crippen LogP contribution in [-0.2, 0) is 0 Å². The molecule has 3 heteroatoms. The second-order valence-electron chi connectivity index (χ2n) is 5.45. The summed E-state index contributed by atoms with van der Waals surface area (Å²) in [5.41, 5.74) is 7.34. The van der Waals surface area contributed by atoms with Crippen molar-refractivity contribution < 1.29 is 9.47 Å². The topological polar surface area (TPSA) is 44.5 Å². The van der Waals surface area contributed by atoms with Crippen LogP contribution in [0.15, 0.2) is 54.6 Å². The van der Waals surface area contributed by atoms with E-state index in [2.05, 4.69) is 0 Å². The van der Waals surface area contributed by atoms with E-state index in [1.807, 2.05) is 54.6 Å². The van der Waals surface area contributed by atoms with Gasteiger partial charge in [0.05, 0.1) is 12.7 Å². The Kier molecular flexibility index (Phi) is 4.41. The highest BCUT2D eigenvalue weighted by molar-refractivity contribution is 5.31. The van der Waals surface area contributed by atoms with Crippen molar-refractivity contribution >= 4 is 0 Å². The van der Waals surface area contributed by atoms with Gasteiger partial charge in [0.25, 0.3) is 0 Å². The third kappa shape index (κ3) is 4.23. The number of ether oxygens (including phenoxy) is 2. The van der Waals surface area contributed by atoms with Crippen molar-refractivity contribution in [2.45, 2.75) is 31.4 Å². The smallest absolute Gasteiger partial charge is 0.120 e. The molecule has 0 aliphatic heterocycles. The van der Waals surface area contributed by atoms with Gasteiger partial charge in [-0.25, -0.2) is 0 Å². The molecule has 1 saturated carbocycles. The van der Waals surface area contributed by atoms with Crippen molar-refractivity contribution in [1.29, 1.82) is 0 Å². The summed E-state index contributed by atoms with van der Waals surface area (Å²) in [4.78, 5) is 0. The molecule has 1 fully saturated rings. The molecule has 3 rings (SSSR count). The summed E-state index contributed by atoms with van der Waals surface area (Å²) < 4.78 is 11.5. The maximum absolute atomic E-state index is 6.24. The van der Waals surface area contributed by atoms with E-state index in [1.165, 1.54) is 12.8 Å². The van der Waals surface area contributed by atoms with Crippen LogP contribution in [0.4, 0.5) is 0 Å². The van der Waals surface area contributed by atoms with Crippen LogP contribution in [0.2, 0.25) is 0 Å². The van der Waals surface area contributed by atoms with Crippen molar-refractivity contribution in [2.24, 2.45) is 5.73 Å². The predicted octanol–water partition coefficient (Wildman–Crippen LogP) is 3.70. The molecule has 0 spiro atoms. The highest BCUT2D eigenvalue weighted by atomic mass is 16.5. The lowest BCUT2D eigenvalue weighted by atomic mass is 10.1. The first kappa shape index (κ1) is 14.0. The van der Waals surface area contributed by atoms with Gasteiger partial charge in [0, 0.05) is 12.5 Å². The highest BCUT2D eigenvalue weighted by Crippen LogP contribution is 2.28. The van der Waals surface area contributed by atoms with Crippen molar-refractivity contribution in [3.63, 3.8) is 0 Å². The Bertz CT molecular complexity index is 566. The zero-order valence-electron chi connectivity index (χ0n) is 12.1. The van der Waals surface area contributed by atoms with Crippen LogP contribution in [0.3, 0.4) is 0 Å². The van der Waals surface area contributed by atoms with Crippen LogP contribution in [0, 0.1) is 0 Å². The minimum atomic E-state index is -0.0311. The highest BCUT2D eigenvalue weighted by Gasteiger charge is 2.23. The summed E-state index contributed by atoms with van der Waals surface area (Å²) in [7, 11) is 0. The first-order valence-electron chi connectivity index (χ1n) is 7.51. The number of hydrogen-bond acceptors (Lipinski definition) is 3. The van der Waals surface area contributed by atoms with Crippen molar-refractivity contribution in [2.75, 3.05) is 6.61 Å². The van der Waals surface area contributed by atoms with E-state index in [0.29, 0.717) is 12.7 Å². The molecular formula is C18H21NO2. The molecule has 0 radical (unpaired) electrons. The minimum absolute atomic E-state index is 0.0311. The standard InChI is InChI=1S/C18H21NO2/c19-18(11-12-20-15-6-2-1-3-7-15)14-5-4-8-17(13-14)21-16-9-10-16/h1-8,13,16,18H,9-12,19H2. The van der Waals surface area contributed by atoms with Gasteiger partial charge in [-0.2, -0.15) is 0 Å². The first-order valence-corrected chi connectivity index (χ1v) is 7.51. The summed E-state index contributed by atoms with van der Waals surface area (Å²) in [5.74, 6) is 1.81. The number of rotatable bonds is 7. The van der Waals surface area contributed by atoms with Crippen molar-refractivity contribution in [3.8, 4) is 11.5 Å². The van der Waals surface area contributed by atoms with Crippen LogP contribution in [0.1, 0.15) is 30.9 Å². The first-order chi connectivity index (χ1) is 10.3. The molecule has 3 nitrogen and oxygen atoms in total. The maximum Gasteiger partial charge on any atom is 0.120 e. The molecule has 0 aromatic heterocycles. The molecule has 2 aromatic carbocycles. The lowest BCUT2D eigenvalue weighted by Crippen LogP contribution is -2.14. The van der Waals surface area contributed by atoms with Crippen LogP contribution >= 0.6 is 0 Å².